The van der Waals surface area contributed by atoms with Crippen molar-refractivity contribution in [2.24, 2.45) is 0 Å². The molecule has 1 aromatic carbocycles. The van der Waals surface area contributed by atoms with Crippen LogP contribution in [0, 0.1) is 45.6 Å². The Balaban J connectivity index is 3.30. The van der Waals surface area contributed by atoms with E-state index in [0.717, 1.165) is 6.07 Å². The zero-order valence-corrected chi connectivity index (χ0v) is 9.39. The fraction of sp³-hybridized carbons (Fsp3) is 0. The first-order valence-corrected chi connectivity index (χ1v) is 4.77. The smallest absolute Gasteiger partial charge is 0.163 e. The highest BCUT2D eigenvalue weighted by Crippen LogP contribution is 2.27. The summed E-state index contributed by atoms with van der Waals surface area (Å²) in [6, 6.07) is 5.85. The first-order valence-electron chi connectivity index (χ1n) is 4.39. The van der Waals surface area contributed by atoms with E-state index in [0.29, 0.717) is 6.07 Å². The Bertz CT molecular complexity index is 607. The summed E-state index contributed by atoms with van der Waals surface area (Å²) in [4.78, 5) is 0. The molecule has 0 radical (unpaired) electrons. The number of nitrogens with zero attached hydrogens (tertiary/aromatic N) is 3. The van der Waals surface area contributed by atoms with E-state index in [2.05, 4.69) is 5.32 Å². The zero-order chi connectivity index (χ0) is 13.7. The third-order valence-electron chi connectivity index (χ3n) is 1.84. The Morgan fingerprint density at radius 2 is 1.72 bits per heavy atom. The first kappa shape index (κ1) is 13.4. The van der Waals surface area contributed by atoms with E-state index in [1.165, 1.54) is 18.2 Å². The van der Waals surface area contributed by atoms with Crippen LogP contribution in [0.5, 0.6) is 0 Å². The Kier molecular flexibility index (Phi) is 4.21. The van der Waals surface area contributed by atoms with Gasteiger partial charge in [-0.05, 0) is 6.07 Å². The molecule has 0 aliphatic carbocycles. The summed E-state index contributed by atoms with van der Waals surface area (Å²) in [5, 5.41) is 27.8. The van der Waals surface area contributed by atoms with Gasteiger partial charge in [0.05, 0.1) is 10.7 Å². The molecule has 0 aliphatic rings. The van der Waals surface area contributed by atoms with Crippen LogP contribution < -0.4 is 5.32 Å². The lowest BCUT2D eigenvalue weighted by Gasteiger charge is -2.08. The molecule has 18 heavy (non-hydrogen) atoms. The molecule has 0 saturated heterocycles. The zero-order valence-electron chi connectivity index (χ0n) is 8.63. The monoisotopic (exact) mass is 264 g/mol. The molecule has 88 valence electrons. The maximum Gasteiger partial charge on any atom is 0.163 e. The van der Waals surface area contributed by atoms with Gasteiger partial charge in [-0.1, -0.05) is 11.6 Å². The summed E-state index contributed by atoms with van der Waals surface area (Å²) in [6.45, 7) is 0. The molecule has 7 heteroatoms. The minimum atomic E-state index is -1.04. The van der Waals surface area contributed by atoms with Crippen LogP contribution in [0.15, 0.2) is 23.4 Å². The van der Waals surface area contributed by atoms with E-state index >= 15 is 0 Å². The fourth-order valence-electron chi connectivity index (χ4n) is 1.07. The van der Waals surface area contributed by atoms with Gasteiger partial charge in [-0.2, -0.15) is 15.8 Å². The highest BCUT2D eigenvalue weighted by molar-refractivity contribution is 6.33. The van der Waals surface area contributed by atoms with Crippen LogP contribution in [0.1, 0.15) is 0 Å². The standard InChI is InChI=1S/C11H3ClF2N4/c12-8-1-7(13)2-9(14)11(8)18-10(5-17)6(3-15)4-16/h1-2,18H. The van der Waals surface area contributed by atoms with Crippen LogP contribution in [-0.2, 0) is 0 Å². The average Bonchev–Trinajstić information content (AvgIpc) is 2.32. The summed E-state index contributed by atoms with van der Waals surface area (Å²) >= 11 is 5.59. The number of hydrogen-bond donors (Lipinski definition) is 1. The van der Waals surface area contributed by atoms with E-state index in [-0.39, 0.29) is 10.7 Å². The quantitative estimate of drug-likeness (QED) is 0.833. The van der Waals surface area contributed by atoms with Gasteiger partial charge in [0.15, 0.2) is 11.4 Å². The number of rotatable bonds is 2. The number of nitrogens with one attached hydrogen (secondary N) is 1. The van der Waals surface area contributed by atoms with Gasteiger partial charge in [0.2, 0.25) is 0 Å². The third kappa shape index (κ3) is 2.74. The highest BCUT2D eigenvalue weighted by atomic mass is 35.5. The van der Waals surface area contributed by atoms with Crippen molar-refractivity contribution >= 4 is 17.3 Å². The van der Waals surface area contributed by atoms with Gasteiger partial charge in [-0.15, -0.1) is 0 Å². The number of hydrogen-bond acceptors (Lipinski definition) is 4. The summed E-state index contributed by atoms with van der Waals surface area (Å²) in [6.07, 6.45) is 0. The van der Waals surface area contributed by atoms with E-state index in [1.54, 1.807) is 0 Å². The van der Waals surface area contributed by atoms with Crippen LogP contribution in [0.4, 0.5) is 14.5 Å². The molecule has 0 fully saturated rings. The van der Waals surface area contributed by atoms with E-state index in [4.69, 9.17) is 27.4 Å². The van der Waals surface area contributed by atoms with Crippen LogP contribution in [-0.4, -0.2) is 0 Å². The van der Waals surface area contributed by atoms with E-state index in [9.17, 15) is 8.78 Å². The van der Waals surface area contributed by atoms with Crippen molar-refractivity contribution in [3.05, 3.63) is 40.1 Å². The number of nitriles is 3. The van der Waals surface area contributed by atoms with Crippen LogP contribution in [0.2, 0.25) is 5.02 Å². The second kappa shape index (κ2) is 5.63. The van der Waals surface area contributed by atoms with Gasteiger partial charge >= 0.3 is 0 Å². The molecule has 1 aromatic rings. The topological polar surface area (TPSA) is 83.4 Å². The third-order valence-corrected chi connectivity index (χ3v) is 2.14. The molecule has 1 rings (SSSR count). The Morgan fingerprint density at radius 1 is 1.11 bits per heavy atom. The lowest BCUT2D eigenvalue weighted by Crippen LogP contribution is -2.03. The molecule has 0 atom stereocenters. The van der Waals surface area contributed by atoms with Crippen molar-refractivity contribution in [3.8, 4) is 18.2 Å². The van der Waals surface area contributed by atoms with Crippen LogP contribution in [0.3, 0.4) is 0 Å². The lowest BCUT2D eigenvalue weighted by atomic mass is 10.2. The minimum Gasteiger partial charge on any atom is -0.342 e. The number of anilines is 1. The summed E-state index contributed by atoms with van der Waals surface area (Å²) in [7, 11) is 0. The predicted octanol–water partition coefficient (Wildman–Crippen LogP) is 2.85. The van der Waals surface area contributed by atoms with Gasteiger partial charge in [0.25, 0.3) is 0 Å². The Morgan fingerprint density at radius 3 is 2.17 bits per heavy atom. The van der Waals surface area contributed by atoms with Crippen LogP contribution >= 0.6 is 11.6 Å². The van der Waals surface area contributed by atoms with Crippen molar-refractivity contribution < 1.29 is 8.78 Å². The van der Waals surface area contributed by atoms with Gasteiger partial charge < -0.3 is 5.32 Å². The molecule has 0 saturated carbocycles. The second-order valence-electron chi connectivity index (χ2n) is 2.95. The van der Waals surface area contributed by atoms with Gasteiger partial charge in [0.1, 0.15) is 29.7 Å². The normalized spacial score (nSPS) is 8.67. The molecule has 0 unspecified atom stereocenters. The number of benzene rings is 1. The molecule has 0 heterocycles. The van der Waals surface area contributed by atoms with Crippen LogP contribution in [0.25, 0.3) is 0 Å². The molecular formula is C11H3ClF2N4. The number of allylic oxidation sites excluding steroid dienone is 2. The van der Waals surface area contributed by atoms with Crippen molar-refractivity contribution in [1.82, 2.24) is 0 Å². The Hall–Kier alpha value is -2.62. The predicted molar refractivity (Wildman–Crippen MR) is 58.9 cm³/mol. The van der Waals surface area contributed by atoms with E-state index < -0.39 is 22.9 Å². The molecule has 1 N–H and O–H groups in total. The first-order chi connectivity index (χ1) is 8.53. The van der Waals surface area contributed by atoms with E-state index in [1.807, 2.05) is 0 Å². The molecule has 0 aliphatic heterocycles. The largest absolute Gasteiger partial charge is 0.342 e. The molecule has 4 nitrogen and oxygen atoms in total. The molecule has 0 amide bonds. The van der Waals surface area contributed by atoms with Crippen molar-refractivity contribution in [2.45, 2.75) is 0 Å². The molecular weight excluding hydrogens is 262 g/mol. The highest BCUT2D eigenvalue weighted by Gasteiger charge is 2.13. The summed E-state index contributed by atoms with van der Waals surface area (Å²) in [5.74, 6) is -1.92. The minimum absolute atomic E-state index is 0.310. The number of halogens is 3. The SMILES string of the molecule is N#CC(C#N)=C(C#N)Nc1c(F)cc(F)cc1Cl. The van der Waals surface area contributed by atoms with Crippen molar-refractivity contribution in [3.63, 3.8) is 0 Å². The van der Waals surface area contributed by atoms with Gasteiger partial charge in [-0.25, -0.2) is 8.78 Å². The molecule has 0 aromatic heterocycles. The summed E-state index contributed by atoms with van der Waals surface area (Å²) in [5.41, 5.74) is -1.37. The molecule has 0 spiro atoms. The maximum absolute atomic E-state index is 13.4. The summed E-state index contributed by atoms with van der Waals surface area (Å²) < 4.78 is 26.2. The maximum atomic E-state index is 13.4. The van der Waals surface area contributed by atoms with Gasteiger partial charge in [-0.3, -0.25) is 0 Å². The fourth-order valence-corrected chi connectivity index (χ4v) is 1.31. The van der Waals surface area contributed by atoms with Crippen molar-refractivity contribution in [1.29, 1.82) is 15.8 Å². The Labute approximate surface area is 106 Å². The average molecular weight is 265 g/mol. The lowest BCUT2D eigenvalue weighted by molar-refractivity contribution is 0.586. The van der Waals surface area contributed by atoms with Gasteiger partial charge in [0, 0.05) is 6.07 Å². The molecule has 0 bridgehead atoms. The van der Waals surface area contributed by atoms with Crippen molar-refractivity contribution in [2.75, 3.05) is 5.32 Å². The second-order valence-corrected chi connectivity index (χ2v) is 3.36.